The SMILES string of the molecule is Brc1cc2c(cc1OCc1ccccc1)OCCn1cc(I)nc1-2. The third-order valence-corrected chi connectivity index (χ3v) is 4.99. The van der Waals surface area contributed by atoms with Gasteiger partial charge >= 0.3 is 0 Å². The molecule has 0 radical (unpaired) electrons. The van der Waals surface area contributed by atoms with Gasteiger partial charge in [-0.1, -0.05) is 30.3 Å². The third-order valence-electron chi connectivity index (χ3n) is 3.85. The van der Waals surface area contributed by atoms with Crippen molar-refractivity contribution in [2.75, 3.05) is 6.61 Å². The Morgan fingerprint density at radius 2 is 2.08 bits per heavy atom. The molecule has 0 saturated heterocycles. The molecule has 0 N–H and O–H groups in total. The molecule has 2 heterocycles. The fourth-order valence-corrected chi connectivity index (χ4v) is 3.72. The van der Waals surface area contributed by atoms with Crippen LogP contribution >= 0.6 is 38.5 Å². The molecule has 1 aliphatic rings. The van der Waals surface area contributed by atoms with Crippen molar-refractivity contribution in [3.05, 3.63) is 62.4 Å². The Morgan fingerprint density at radius 3 is 2.92 bits per heavy atom. The summed E-state index contributed by atoms with van der Waals surface area (Å²) in [6, 6.07) is 14.1. The van der Waals surface area contributed by atoms with Gasteiger partial charge in [0, 0.05) is 12.3 Å². The van der Waals surface area contributed by atoms with Gasteiger partial charge in [-0.25, -0.2) is 4.98 Å². The van der Waals surface area contributed by atoms with Gasteiger partial charge in [-0.05, 0) is 50.2 Å². The zero-order valence-corrected chi connectivity index (χ0v) is 16.5. The van der Waals surface area contributed by atoms with Gasteiger partial charge in [0.2, 0.25) is 0 Å². The summed E-state index contributed by atoms with van der Waals surface area (Å²) in [6.07, 6.45) is 2.04. The van der Waals surface area contributed by atoms with E-state index >= 15 is 0 Å². The van der Waals surface area contributed by atoms with Crippen LogP contribution in [-0.4, -0.2) is 16.2 Å². The first-order valence-electron chi connectivity index (χ1n) is 7.57. The highest BCUT2D eigenvalue weighted by atomic mass is 127. The summed E-state index contributed by atoms with van der Waals surface area (Å²) >= 11 is 5.85. The van der Waals surface area contributed by atoms with E-state index in [2.05, 4.69) is 48.1 Å². The summed E-state index contributed by atoms with van der Waals surface area (Å²) in [6.45, 7) is 1.93. The molecule has 3 aromatic rings. The number of fused-ring (bicyclic) bond motifs is 3. The molecular formula is C18H14BrIN2O2. The smallest absolute Gasteiger partial charge is 0.145 e. The van der Waals surface area contributed by atoms with Crippen molar-refractivity contribution in [1.29, 1.82) is 0 Å². The molecule has 0 bridgehead atoms. The number of hydrogen-bond donors (Lipinski definition) is 0. The number of hydrogen-bond acceptors (Lipinski definition) is 3. The second kappa shape index (κ2) is 6.76. The fourth-order valence-electron chi connectivity index (χ4n) is 2.70. The maximum atomic E-state index is 5.97. The van der Waals surface area contributed by atoms with Crippen LogP contribution in [0.25, 0.3) is 11.4 Å². The van der Waals surface area contributed by atoms with E-state index < -0.39 is 0 Å². The first-order valence-corrected chi connectivity index (χ1v) is 9.44. The molecule has 0 aliphatic carbocycles. The van der Waals surface area contributed by atoms with Crippen molar-refractivity contribution < 1.29 is 9.47 Å². The van der Waals surface area contributed by atoms with Gasteiger partial charge in [0.15, 0.2) is 0 Å². The molecule has 1 aliphatic heterocycles. The van der Waals surface area contributed by atoms with Gasteiger partial charge in [-0.15, -0.1) is 0 Å². The average Bonchev–Trinajstić information content (AvgIpc) is 2.88. The molecular weight excluding hydrogens is 483 g/mol. The monoisotopic (exact) mass is 496 g/mol. The molecule has 0 spiro atoms. The van der Waals surface area contributed by atoms with Crippen molar-refractivity contribution in [3.8, 4) is 22.9 Å². The van der Waals surface area contributed by atoms with Crippen LogP contribution in [0.15, 0.2) is 53.1 Å². The van der Waals surface area contributed by atoms with E-state index in [-0.39, 0.29) is 0 Å². The molecule has 0 amide bonds. The number of imidazole rings is 1. The predicted octanol–water partition coefficient (Wildman–Crippen LogP) is 4.89. The number of ether oxygens (including phenoxy) is 2. The van der Waals surface area contributed by atoms with Crippen molar-refractivity contribution in [1.82, 2.24) is 9.55 Å². The Morgan fingerprint density at radius 1 is 1.25 bits per heavy atom. The molecule has 4 rings (SSSR count). The topological polar surface area (TPSA) is 36.3 Å². The molecule has 4 nitrogen and oxygen atoms in total. The zero-order valence-electron chi connectivity index (χ0n) is 12.7. The summed E-state index contributed by atoms with van der Waals surface area (Å²) < 4.78 is 15.9. The summed E-state index contributed by atoms with van der Waals surface area (Å²) in [5, 5.41) is 0. The van der Waals surface area contributed by atoms with Gasteiger partial charge in [0.05, 0.1) is 16.6 Å². The van der Waals surface area contributed by atoms with Crippen LogP contribution in [-0.2, 0) is 13.2 Å². The van der Waals surface area contributed by atoms with Crippen LogP contribution < -0.4 is 9.47 Å². The van der Waals surface area contributed by atoms with Crippen molar-refractivity contribution in [2.24, 2.45) is 0 Å². The Kier molecular flexibility index (Phi) is 4.49. The van der Waals surface area contributed by atoms with E-state index in [1.54, 1.807) is 0 Å². The fraction of sp³-hybridized carbons (Fsp3) is 0.167. The predicted molar refractivity (Wildman–Crippen MR) is 104 cm³/mol. The van der Waals surface area contributed by atoms with Crippen LogP contribution in [0, 0.1) is 3.70 Å². The quantitative estimate of drug-likeness (QED) is 0.484. The van der Waals surface area contributed by atoms with Crippen LogP contribution in [0.4, 0.5) is 0 Å². The highest BCUT2D eigenvalue weighted by Crippen LogP contribution is 2.40. The number of halogens is 2. The molecule has 24 heavy (non-hydrogen) atoms. The van der Waals surface area contributed by atoms with E-state index in [1.165, 1.54) is 0 Å². The highest BCUT2D eigenvalue weighted by molar-refractivity contribution is 14.1. The van der Waals surface area contributed by atoms with Crippen LogP contribution in [0.1, 0.15) is 5.56 Å². The first-order chi connectivity index (χ1) is 11.7. The molecule has 2 aromatic carbocycles. The van der Waals surface area contributed by atoms with Crippen LogP contribution in [0.5, 0.6) is 11.5 Å². The number of aromatic nitrogens is 2. The minimum atomic E-state index is 0.519. The van der Waals surface area contributed by atoms with Gasteiger partial charge in [-0.2, -0.15) is 0 Å². The lowest BCUT2D eigenvalue weighted by atomic mass is 10.1. The van der Waals surface area contributed by atoms with Crippen LogP contribution in [0.2, 0.25) is 0 Å². The standard InChI is InChI=1S/C18H14BrIN2O2/c19-14-8-13-15(23-7-6-22-10-17(20)21-18(13)22)9-16(14)24-11-12-4-2-1-3-5-12/h1-5,8-10H,6-7,11H2. The molecule has 0 atom stereocenters. The van der Waals surface area contributed by atoms with E-state index in [0.717, 1.165) is 43.2 Å². The maximum Gasteiger partial charge on any atom is 0.145 e. The second-order valence-electron chi connectivity index (χ2n) is 5.48. The van der Waals surface area contributed by atoms with E-state index in [4.69, 9.17) is 9.47 Å². The van der Waals surface area contributed by atoms with Gasteiger partial charge in [-0.3, -0.25) is 0 Å². The van der Waals surface area contributed by atoms with Gasteiger partial charge in [0.1, 0.15) is 34.2 Å². The third kappa shape index (κ3) is 3.17. The lowest BCUT2D eigenvalue weighted by molar-refractivity contribution is 0.290. The molecule has 6 heteroatoms. The Balaban J connectivity index is 1.66. The number of nitrogens with zero attached hydrogens (tertiary/aromatic N) is 2. The minimum Gasteiger partial charge on any atom is -0.491 e. The Hall–Kier alpha value is -1.54. The molecule has 0 unspecified atom stereocenters. The van der Waals surface area contributed by atoms with E-state index in [0.29, 0.717) is 13.2 Å². The molecule has 1 aromatic heterocycles. The number of rotatable bonds is 3. The van der Waals surface area contributed by atoms with Crippen molar-refractivity contribution in [2.45, 2.75) is 13.2 Å². The van der Waals surface area contributed by atoms with E-state index in [1.807, 2.05) is 48.7 Å². The second-order valence-corrected chi connectivity index (χ2v) is 7.44. The first kappa shape index (κ1) is 16.0. The lowest BCUT2D eigenvalue weighted by Crippen LogP contribution is -2.04. The molecule has 122 valence electrons. The maximum absolute atomic E-state index is 5.97. The van der Waals surface area contributed by atoms with Crippen molar-refractivity contribution >= 4 is 38.5 Å². The Labute approximate surface area is 162 Å². The summed E-state index contributed by atoms with van der Waals surface area (Å²) in [7, 11) is 0. The van der Waals surface area contributed by atoms with Crippen molar-refractivity contribution in [3.63, 3.8) is 0 Å². The summed E-state index contributed by atoms with van der Waals surface area (Å²) in [5.74, 6) is 2.51. The van der Waals surface area contributed by atoms with E-state index in [9.17, 15) is 0 Å². The number of benzene rings is 2. The normalized spacial score (nSPS) is 12.8. The largest absolute Gasteiger partial charge is 0.491 e. The van der Waals surface area contributed by atoms with Gasteiger partial charge < -0.3 is 14.0 Å². The summed E-state index contributed by atoms with van der Waals surface area (Å²) in [5.41, 5.74) is 2.11. The Bertz CT molecular complexity index is 880. The highest BCUT2D eigenvalue weighted by Gasteiger charge is 2.20. The summed E-state index contributed by atoms with van der Waals surface area (Å²) in [4.78, 5) is 4.62. The average molecular weight is 497 g/mol. The molecule has 0 saturated carbocycles. The molecule has 0 fully saturated rings. The minimum absolute atomic E-state index is 0.519. The zero-order chi connectivity index (χ0) is 16.5. The van der Waals surface area contributed by atoms with Gasteiger partial charge in [0.25, 0.3) is 0 Å². The van der Waals surface area contributed by atoms with Crippen LogP contribution in [0.3, 0.4) is 0 Å². The lowest BCUT2D eigenvalue weighted by Gasteiger charge is -2.13.